The second-order valence-corrected chi connectivity index (χ2v) is 6.64. The molecule has 1 unspecified atom stereocenters. The zero-order chi connectivity index (χ0) is 18.7. The summed E-state index contributed by atoms with van der Waals surface area (Å²) in [5.41, 5.74) is 0.956. The van der Waals surface area contributed by atoms with Gasteiger partial charge in [-0.05, 0) is 43.7 Å². The minimum Gasteiger partial charge on any atom is -0.479 e. The number of carbonyl (C=O) groups excluding carboxylic acids is 1. The Bertz CT molecular complexity index is 812. The Hall–Kier alpha value is -2.11. The number of rotatable bonds is 6. The van der Waals surface area contributed by atoms with Crippen LogP contribution in [-0.4, -0.2) is 30.2 Å². The second-order valence-electron chi connectivity index (χ2n) is 5.85. The van der Waals surface area contributed by atoms with Crippen molar-refractivity contribution in [2.75, 3.05) is 13.3 Å². The smallest absolute Gasteiger partial charge is 0.263 e. The average Bonchev–Trinajstić information content (AvgIpc) is 3.10. The van der Waals surface area contributed by atoms with Crippen LogP contribution in [0.4, 0.5) is 0 Å². The van der Waals surface area contributed by atoms with Crippen molar-refractivity contribution in [2.24, 2.45) is 0 Å². The maximum Gasteiger partial charge on any atom is 0.263 e. The monoisotopic (exact) mass is 395 g/mol. The van der Waals surface area contributed by atoms with Gasteiger partial charge in [0.05, 0.1) is 5.02 Å². The standard InChI is InChI=1S/C19H19Cl2NO4/c1-3-22(10-13-7-8-15-17(9-13)25-11-24-15)19(23)12(2)26-16-6-4-5-14(20)18(16)21/h4-9,12H,3,10-11H2,1-2H3. The van der Waals surface area contributed by atoms with Gasteiger partial charge in [-0.1, -0.05) is 35.3 Å². The lowest BCUT2D eigenvalue weighted by molar-refractivity contribution is -0.138. The van der Waals surface area contributed by atoms with Gasteiger partial charge >= 0.3 is 0 Å². The van der Waals surface area contributed by atoms with Gasteiger partial charge in [-0.25, -0.2) is 0 Å². The lowest BCUT2D eigenvalue weighted by Crippen LogP contribution is -2.40. The van der Waals surface area contributed by atoms with Gasteiger partial charge in [0.25, 0.3) is 5.91 Å². The molecule has 7 heteroatoms. The fourth-order valence-corrected chi connectivity index (χ4v) is 3.01. The van der Waals surface area contributed by atoms with Gasteiger partial charge in [0.15, 0.2) is 17.6 Å². The van der Waals surface area contributed by atoms with E-state index in [9.17, 15) is 4.79 Å². The summed E-state index contributed by atoms with van der Waals surface area (Å²) in [5.74, 6) is 1.66. The van der Waals surface area contributed by atoms with Crippen molar-refractivity contribution in [1.29, 1.82) is 0 Å². The van der Waals surface area contributed by atoms with Crippen molar-refractivity contribution in [1.82, 2.24) is 4.90 Å². The van der Waals surface area contributed by atoms with E-state index < -0.39 is 6.10 Å². The molecule has 5 nitrogen and oxygen atoms in total. The molecule has 0 spiro atoms. The summed E-state index contributed by atoms with van der Waals surface area (Å²) in [7, 11) is 0. The molecule has 1 aliphatic rings. The molecule has 2 aromatic carbocycles. The van der Waals surface area contributed by atoms with E-state index in [1.165, 1.54) is 0 Å². The molecule has 138 valence electrons. The van der Waals surface area contributed by atoms with E-state index in [0.717, 1.165) is 11.3 Å². The molecule has 0 saturated heterocycles. The lowest BCUT2D eigenvalue weighted by atomic mass is 10.1. The average molecular weight is 396 g/mol. The molecule has 1 aliphatic heterocycles. The minimum absolute atomic E-state index is 0.138. The van der Waals surface area contributed by atoms with Crippen LogP contribution in [0.5, 0.6) is 17.2 Å². The maximum atomic E-state index is 12.8. The topological polar surface area (TPSA) is 48.0 Å². The quantitative estimate of drug-likeness (QED) is 0.720. The molecule has 0 N–H and O–H groups in total. The Morgan fingerprint density at radius 1 is 1.23 bits per heavy atom. The van der Waals surface area contributed by atoms with Gasteiger partial charge in [0.2, 0.25) is 6.79 Å². The van der Waals surface area contributed by atoms with Gasteiger partial charge in [0.1, 0.15) is 10.8 Å². The van der Waals surface area contributed by atoms with Gasteiger partial charge < -0.3 is 19.1 Å². The van der Waals surface area contributed by atoms with Crippen LogP contribution < -0.4 is 14.2 Å². The molecule has 0 bridgehead atoms. The SMILES string of the molecule is CCN(Cc1ccc2c(c1)OCO2)C(=O)C(C)Oc1cccc(Cl)c1Cl. The first-order valence-corrected chi connectivity index (χ1v) is 9.03. The molecule has 0 fully saturated rings. The van der Waals surface area contributed by atoms with Crippen molar-refractivity contribution in [3.63, 3.8) is 0 Å². The third-order valence-electron chi connectivity index (χ3n) is 4.07. The van der Waals surface area contributed by atoms with Crippen molar-refractivity contribution >= 4 is 29.1 Å². The summed E-state index contributed by atoms with van der Waals surface area (Å²) in [6.45, 7) is 4.83. The zero-order valence-corrected chi connectivity index (χ0v) is 16.0. The third kappa shape index (κ3) is 4.00. The Morgan fingerprint density at radius 3 is 2.77 bits per heavy atom. The molecule has 1 heterocycles. The van der Waals surface area contributed by atoms with Gasteiger partial charge in [-0.15, -0.1) is 0 Å². The number of hydrogen-bond acceptors (Lipinski definition) is 4. The van der Waals surface area contributed by atoms with Gasteiger partial charge in [-0.2, -0.15) is 0 Å². The summed E-state index contributed by atoms with van der Waals surface area (Å²) < 4.78 is 16.4. The number of likely N-dealkylation sites (N-methyl/N-ethyl adjacent to an activating group) is 1. The number of halogens is 2. The summed E-state index contributed by atoms with van der Waals surface area (Å²) in [5, 5.41) is 0.684. The van der Waals surface area contributed by atoms with Crippen molar-refractivity contribution in [3.05, 3.63) is 52.0 Å². The maximum absolute atomic E-state index is 12.8. The number of hydrogen-bond donors (Lipinski definition) is 0. The molecule has 0 aromatic heterocycles. The summed E-state index contributed by atoms with van der Waals surface area (Å²) in [4.78, 5) is 14.5. The van der Waals surface area contributed by atoms with Crippen LogP contribution >= 0.6 is 23.2 Å². The fourth-order valence-electron chi connectivity index (χ4n) is 2.68. The molecular weight excluding hydrogens is 377 g/mol. The second kappa shape index (κ2) is 8.06. The summed E-state index contributed by atoms with van der Waals surface area (Å²) in [6.07, 6.45) is -0.695. The number of nitrogens with zero attached hydrogens (tertiary/aromatic N) is 1. The van der Waals surface area contributed by atoms with Crippen LogP contribution in [0.25, 0.3) is 0 Å². The Kier molecular flexibility index (Phi) is 5.79. The van der Waals surface area contributed by atoms with Crippen molar-refractivity contribution < 1.29 is 19.0 Å². The van der Waals surface area contributed by atoms with Crippen LogP contribution in [0.1, 0.15) is 19.4 Å². The molecule has 1 amide bonds. The van der Waals surface area contributed by atoms with Gasteiger partial charge in [0, 0.05) is 13.1 Å². The molecule has 0 aliphatic carbocycles. The first-order chi connectivity index (χ1) is 12.5. The lowest BCUT2D eigenvalue weighted by Gasteiger charge is -2.25. The number of benzene rings is 2. The first-order valence-electron chi connectivity index (χ1n) is 8.27. The molecule has 2 aromatic rings. The molecular formula is C19H19Cl2NO4. The summed E-state index contributed by atoms with van der Waals surface area (Å²) in [6, 6.07) is 10.7. The van der Waals surface area contributed by atoms with E-state index in [0.29, 0.717) is 34.6 Å². The summed E-state index contributed by atoms with van der Waals surface area (Å²) >= 11 is 12.1. The van der Waals surface area contributed by atoms with E-state index in [1.807, 2.05) is 25.1 Å². The van der Waals surface area contributed by atoms with Crippen LogP contribution in [0, 0.1) is 0 Å². The van der Waals surface area contributed by atoms with Crippen LogP contribution in [0.3, 0.4) is 0 Å². The normalized spacial score (nSPS) is 13.4. The highest BCUT2D eigenvalue weighted by Crippen LogP contribution is 2.33. The zero-order valence-electron chi connectivity index (χ0n) is 14.5. The van der Waals surface area contributed by atoms with E-state index in [-0.39, 0.29) is 12.7 Å². The molecule has 3 rings (SSSR count). The Balaban J connectivity index is 1.69. The number of fused-ring (bicyclic) bond motifs is 1. The number of carbonyl (C=O) groups is 1. The third-order valence-corrected chi connectivity index (χ3v) is 4.87. The number of ether oxygens (including phenoxy) is 3. The first kappa shape index (κ1) is 18.7. The van der Waals surface area contributed by atoms with Crippen LogP contribution in [0.2, 0.25) is 10.0 Å². The highest BCUT2D eigenvalue weighted by atomic mass is 35.5. The number of amides is 1. The van der Waals surface area contributed by atoms with E-state index in [2.05, 4.69) is 0 Å². The van der Waals surface area contributed by atoms with E-state index in [1.54, 1.807) is 30.0 Å². The van der Waals surface area contributed by atoms with Crippen LogP contribution in [0.15, 0.2) is 36.4 Å². The molecule has 26 heavy (non-hydrogen) atoms. The highest BCUT2D eigenvalue weighted by molar-refractivity contribution is 6.42. The highest BCUT2D eigenvalue weighted by Gasteiger charge is 2.23. The van der Waals surface area contributed by atoms with Gasteiger partial charge in [-0.3, -0.25) is 4.79 Å². The van der Waals surface area contributed by atoms with Crippen molar-refractivity contribution in [2.45, 2.75) is 26.5 Å². The van der Waals surface area contributed by atoms with Crippen LogP contribution in [-0.2, 0) is 11.3 Å². The van der Waals surface area contributed by atoms with E-state index in [4.69, 9.17) is 37.4 Å². The van der Waals surface area contributed by atoms with Crippen molar-refractivity contribution in [3.8, 4) is 17.2 Å². The predicted molar refractivity (Wildman–Crippen MR) is 100 cm³/mol. The molecule has 1 atom stereocenters. The fraction of sp³-hybridized carbons (Fsp3) is 0.316. The molecule has 0 radical (unpaired) electrons. The molecule has 0 saturated carbocycles. The minimum atomic E-state index is -0.695. The largest absolute Gasteiger partial charge is 0.479 e. The van der Waals surface area contributed by atoms with E-state index >= 15 is 0 Å². The predicted octanol–water partition coefficient (Wildman–Crippen LogP) is 4.54. The Morgan fingerprint density at radius 2 is 2.00 bits per heavy atom. The Labute approximate surface area is 162 Å².